The van der Waals surface area contributed by atoms with Gasteiger partial charge in [0.2, 0.25) is 0 Å². The predicted molar refractivity (Wildman–Crippen MR) is 60.1 cm³/mol. The van der Waals surface area contributed by atoms with E-state index >= 15 is 0 Å². The molecule has 2 rings (SSSR count). The molecular formula is C11H15ClN2O. The van der Waals surface area contributed by atoms with Crippen LogP contribution in [0.3, 0.4) is 0 Å². The maximum atomic E-state index is 11.5. The fraction of sp³-hybridized carbons (Fsp3) is 0.636. The Morgan fingerprint density at radius 3 is 2.87 bits per heavy atom. The summed E-state index contributed by atoms with van der Waals surface area (Å²) in [4.78, 5) is 15.4. The minimum Gasteiger partial charge on any atom is -0.299 e. The summed E-state index contributed by atoms with van der Waals surface area (Å²) >= 11 is 5.62. The largest absolute Gasteiger partial charge is 0.299 e. The molecule has 0 spiro atoms. The molecule has 0 atom stereocenters. The van der Waals surface area contributed by atoms with E-state index in [-0.39, 0.29) is 10.7 Å². The van der Waals surface area contributed by atoms with Gasteiger partial charge in [0.25, 0.3) is 5.56 Å². The second kappa shape index (κ2) is 4.79. The van der Waals surface area contributed by atoms with Gasteiger partial charge in [-0.15, -0.1) is 0 Å². The van der Waals surface area contributed by atoms with Crippen molar-refractivity contribution in [1.82, 2.24) is 9.55 Å². The zero-order valence-electron chi connectivity index (χ0n) is 8.66. The number of hydrogen-bond acceptors (Lipinski definition) is 2. The highest BCUT2D eigenvalue weighted by Crippen LogP contribution is 2.27. The second-order valence-electron chi connectivity index (χ2n) is 4.18. The molecule has 0 aromatic carbocycles. The fourth-order valence-electron chi connectivity index (χ4n) is 2.19. The maximum absolute atomic E-state index is 11.5. The number of rotatable bonds is 3. The third kappa shape index (κ3) is 2.81. The van der Waals surface area contributed by atoms with Crippen molar-refractivity contribution >= 4 is 11.6 Å². The lowest BCUT2D eigenvalue weighted by Gasteiger charge is -2.09. The van der Waals surface area contributed by atoms with Gasteiger partial charge in [0.15, 0.2) is 0 Å². The van der Waals surface area contributed by atoms with Crippen LogP contribution < -0.4 is 5.56 Å². The summed E-state index contributed by atoms with van der Waals surface area (Å²) in [6.45, 7) is 0.771. The van der Waals surface area contributed by atoms with Crippen LogP contribution in [0.5, 0.6) is 0 Å². The van der Waals surface area contributed by atoms with Gasteiger partial charge in [-0.2, -0.15) is 0 Å². The van der Waals surface area contributed by atoms with Crippen molar-refractivity contribution in [3.63, 3.8) is 0 Å². The molecular weight excluding hydrogens is 212 g/mol. The van der Waals surface area contributed by atoms with Crippen molar-refractivity contribution in [2.75, 3.05) is 0 Å². The van der Waals surface area contributed by atoms with Gasteiger partial charge >= 0.3 is 0 Å². The molecule has 0 N–H and O–H groups in total. The van der Waals surface area contributed by atoms with E-state index in [1.54, 1.807) is 10.9 Å². The average molecular weight is 227 g/mol. The lowest BCUT2D eigenvalue weighted by atomic mass is 10.0. The molecule has 4 heteroatoms. The first kappa shape index (κ1) is 10.7. The van der Waals surface area contributed by atoms with Crippen molar-refractivity contribution in [3.8, 4) is 0 Å². The molecule has 0 unspecified atom stereocenters. The third-order valence-electron chi connectivity index (χ3n) is 3.10. The third-order valence-corrected chi connectivity index (χ3v) is 3.31. The molecule has 0 bridgehead atoms. The van der Waals surface area contributed by atoms with Crippen molar-refractivity contribution in [2.24, 2.45) is 5.92 Å². The smallest absolute Gasteiger partial charge is 0.254 e. The monoisotopic (exact) mass is 226 g/mol. The first-order chi connectivity index (χ1) is 7.25. The Hall–Kier alpha value is -0.830. The molecule has 1 saturated carbocycles. The summed E-state index contributed by atoms with van der Waals surface area (Å²) in [5.74, 6) is 0.799. The Kier molecular flexibility index (Phi) is 3.41. The van der Waals surface area contributed by atoms with Crippen LogP contribution in [0.15, 0.2) is 17.2 Å². The molecule has 1 fully saturated rings. The van der Waals surface area contributed by atoms with Crippen LogP contribution in [0.2, 0.25) is 5.15 Å². The molecule has 15 heavy (non-hydrogen) atoms. The molecule has 0 amide bonds. The van der Waals surface area contributed by atoms with E-state index in [0.717, 1.165) is 18.9 Å². The van der Waals surface area contributed by atoms with Gasteiger partial charge in [0.05, 0.1) is 6.33 Å². The number of aryl methyl sites for hydroxylation is 1. The van der Waals surface area contributed by atoms with Gasteiger partial charge in [-0.05, 0) is 12.3 Å². The highest BCUT2D eigenvalue weighted by molar-refractivity contribution is 6.29. The summed E-state index contributed by atoms with van der Waals surface area (Å²) in [5, 5.41) is 0.275. The summed E-state index contributed by atoms with van der Waals surface area (Å²) in [6.07, 6.45) is 7.95. The van der Waals surface area contributed by atoms with Gasteiger partial charge < -0.3 is 0 Å². The van der Waals surface area contributed by atoms with E-state index in [4.69, 9.17) is 11.6 Å². The first-order valence-electron chi connectivity index (χ1n) is 5.48. The number of nitrogens with zero attached hydrogens (tertiary/aromatic N) is 2. The fourth-order valence-corrected chi connectivity index (χ4v) is 2.33. The van der Waals surface area contributed by atoms with Crippen LogP contribution in [-0.2, 0) is 6.54 Å². The van der Waals surface area contributed by atoms with E-state index in [9.17, 15) is 4.79 Å². The summed E-state index contributed by atoms with van der Waals surface area (Å²) in [6, 6.07) is 1.37. The highest BCUT2D eigenvalue weighted by atomic mass is 35.5. The molecule has 1 aliphatic rings. The predicted octanol–water partition coefficient (Wildman–Crippen LogP) is 2.48. The number of hydrogen-bond donors (Lipinski definition) is 0. The topological polar surface area (TPSA) is 34.9 Å². The molecule has 0 aliphatic heterocycles. The zero-order chi connectivity index (χ0) is 10.7. The number of aromatic nitrogens is 2. The molecule has 0 saturated heterocycles. The Balaban J connectivity index is 1.95. The lowest BCUT2D eigenvalue weighted by molar-refractivity contribution is 0.450. The van der Waals surface area contributed by atoms with Crippen LogP contribution in [-0.4, -0.2) is 9.55 Å². The van der Waals surface area contributed by atoms with Crippen LogP contribution in [0.4, 0.5) is 0 Å². The van der Waals surface area contributed by atoms with E-state index in [1.807, 2.05) is 0 Å². The molecule has 1 heterocycles. The normalized spacial score (nSPS) is 17.1. The van der Waals surface area contributed by atoms with E-state index in [1.165, 1.54) is 31.7 Å². The zero-order valence-corrected chi connectivity index (χ0v) is 9.41. The van der Waals surface area contributed by atoms with E-state index in [2.05, 4.69) is 4.98 Å². The molecule has 1 aliphatic carbocycles. The van der Waals surface area contributed by atoms with E-state index < -0.39 is 0 Å². The molecule has 3 nitrogen and oxygen atoms in total. The summed E-state index contributed by atoms with van der Waals surface area (Å²) in [5.41, 5.74) is -0.0482. The van der Waals surface area contributed by atoms with Crippen LogP contribution >= 0.6 is 11.6 Å². The van der Waals surface area contributed by atoms with Crippen molar-refractivity contribution in [1.29, 1.82) is 0 Å². The Bertz CT molecular complexity index is 382. The molecule has 0 radical (unpaired) electrons. The van der Waals surface area contributed by atoms with Gasteiger partial charge in [-0.3, -0.25) is 9.36 Å². The highest BCUT2D eigenvalue weighted by Gasteiger charge is 2.14. The molecule has 82 valence electrons. The summed E-state index contributed by atoms with van der Waals surface area (Å²) in [7, 11) is 0. The van der Waals surface area contributed by atoms with Crippen LogP contribution in [0.1, 0.15) is 32.1 Å². The van der Waals surface area contributed by atoms with E-state index in [0.29, 0.717) is 0 Å². The Labute approximate surface area is 94.1 Å². The molecule has 1 aromatic heterocycles. The first-order valence-corrected chi connectivity index (χ1v) is 5.85. The lowest BCUT2D eigenvalue weighted by Crippen LogP contribution is -2.20. The minimum absolute atomic E-state index is 0.0482. The maximum Gasteiger partial charge on any atom is 0.254 e. The van der Waals surface area contributed by atoms with Crippen molar-refractivity contribution in [3.05, 3.63) is 27.9 Å². The van der Waals surface area contributed by atoms with Crippen molar-refractivity contribution < 1.29 is 0 Å². The average Bonchev–Trinajstić information content (AvgIpc) is 2.69. The van der Waals surface area contributed by atoms with Gasteiger partial charge in [-0.1, -0.05) is 37.3 Å². The minimum atomic E-state index is -0.0482. The van der Waals surface area contributed by atoms with Crippen LogP contribution in [0.25, 0.3) is 0 Å². The number of halogens is 1. The Morgan fingerprint density at radius 1 is 1.47 bits per heavy atom. The second-order valence-corrected chi connectivity index (χ2v) is 4.57. The quantitative estimate of drug-likeness (QED) is 0.743. The van der Waals surface area contributed by atoms with Crippen molar-refractivity contribution in [2.45, 2.75) is 38.6 Å². The molecule has 1 aromatic rings. The van der Waals surface area contributed by atoms with Gasteiger partial charge in [-0.25, -0.2) is 4.98 Å². The van der Waals surface area contributed by atoms with Gasteiger partial charge in [0.1, 0.15) is 5.15 Å². The summed E-state index contributed by atoms with van der Waals surface area (Å²) < 4.78 is 1.64. The van der Waals surface area contributed by atoms with Crippen LogP contribution in [0, 0.1) is 5.92 Å². The standard InChI is InChI=1S/C11H15ClN2O/c12-10-7-11(15)14(8-13-10)6-5-9-3-1-2-4-9/h7-9H,1-6H2. The van der Waals surface area contributed by atoms with Gasteiger partial charge in [0, 0.05) is 12.6 Å². The SMILES string of the molecule is O=c1cc(Cl)ncn1CCC1CCCC1. The Morgan fingerprint density at radius 2 is 2.20 bits per heavy atom.